The van der Waals surface area contributed by atoms with Crippen molar-refractivity contribution in [3.8, 4) is 11.8 Å². The Morgan fingerprint density at radius 1 is 1.16 bits per heavy atom. The molecule has 2 aromatic carbocycles. The van der Waals surface area contributed by atoms with Crippen molar-refractivity contribution in [3.63, 3.8) is 0 Å². The molecule has 0 N–H and O–H groups in total. The van der Waals surface area contributed by atoms with Crippen molar-refractivity contribution < 1.29 is 14.3 Å². The zero-order valence-corrected chi connectivity index (χ0v) is 14.1. The van der Waals surface area contributed by atoms with Crippen LogP contribution in [0.2, 0.25) is 0 Å². The van der Waals surface area contributed by atoms with Gasteiger partial charge in [0.25, 0.3) is 5.91 Å². The van der Waals surface area contributed by atoms with Crippen LogP contribution in [0.25, 0.3) is 6.08 Å². The molecule has 5 nitrogen and oxygen atoms in total. The third kappa shape index (κ3) is 5.33. The monoisotopic (exact) mass is 334 g/mol. The highest BCUT2D eigenvalue weighted by Gasteiger charge is 2.07. The van der Waals surface area contributed by atoms with Gasteiger partial charge in [0, 0.05) is 19.7 Å². The summed E-state index contributed by atoms with van der Waals surface area (Å²) in [6.45, 7) is -0.0777. The smallest absolute Gasteiger partial charge is 0.259 e. The van der Waals surface area contributed by atoms with Crippen molar-refractivity contribution in [2.75, 3.05) is 20.7 Å². The predicted molar refractivity (Wildman–Crippen MR) is 95.2 cm³/mol. The summed E-state index contributed by atoms with van der Waals surface area (Å²) < 4.78 is 5.41. The highest BCUT2D eigenvalue weighted by molar-refractivity contribution is 6.07. The van der Waals surface area contributed by atoms with E-state index in [0.29, 0.717) is 16.9 Å². The van der Waals surface area contributed by atoms with E-state index in [-0.39, 0.29) is 18.3 Å². The molecule has 0 saturated carbocycles. The molecule has 0 aromatic heterocycles. The van der Waals surface area contributed by atoms with Gasteiger partial charge in [-0.25, -0.2) is 0 Å². The largest absolute Gasteiger partial charge is 0.484 e. The maximum atomic E-state index is 12.3. The number of nitrogens with zero attached hydrogens (tertiary/aromatic N) is 2. The van der Waals surface area contributed by atoms with E-state index in [1.165, 1.54) is 11.0 Å². The van der Waals surface area contributed by atoms with E-state index in [0.717, 1.165) is 5.56 Å². The number of allylic oxidation sites excluding steroid dienone is 1. The quantitative estimate of drug-likeness (QED) is 0.601. The Labute approximate surface area is 146 Å². The summed E-state index contributed by atoms with van der Waals surface area (Å²) in [6.07, 6.45) is 3.15. The van der Waals surface area contributed by atoms with Gasteiger partial charge in [-0.3, -0.25) is 9.59 Å². The third-order valence-corrected chi connectivity index (χ3v) is 3.45. The standard InChI is InChI=1S/C20H18N2O3/c1-22(2)20(24)14-25-18-5-3-4-17(12-18)19(23)11-10-15-6-8-16(13-21)9-7-15/h3-12H,14H2,1-2H3/b11-10+. The summed E-state index contributed by atoms with van der Waals surface area (Å²) in [5, 5.41) is 8.77. The molecule has 5 heteroatoms. The van der Waals surface area contributed by atoms with Gasteiger partial charge in [0.2, 0.25) is 0 Å². The lowest BCUT2D eigenvalue weighted by atomic mass is 10.1. The van der Waals surface area contributed by atoms with Crippen molar-refractivity contribution in [2.24, 2.45) is 0 Å². The lowest BCUT2D eigenvalue weighted by molar-refractivity contribution is -0.130. The van der Waals surface area contributed by atoms with E-state index in [1.54, 1.807) is 68.7 Å². The Morgan fingerprint density at radius 2 is 1.88 bits per heavy atom. The van der Waals surface area contributed by atoms with Crippen molar-refractivity contribution in [2.45, 2.75) is 0 Å². The first-order valence-electron chi connectivity index (χ1n) is 7.65. The molecule has 126 valence electrons. The van der Waals surface area contributed by atoms with Gasteiger partial charge in [-0.2, -0.15) is 5.26 Å². The fraction of sp³-hybridized carbons (Fsp3) is 0.150. The van der Waals surface area contributed by atoms with Crippen molar-refractivity contribution in [1.29, 1.82) is 5.26 Å². The van der Waals surface area contributed by atoms with E-state index in [2.05, 4.69) is 0 Å². The number of carbonyl (C=O) groups excluding carboxylic acids is 2. The first-order valence-corrected chi connectivity index (χ1v) is 7.65. The summed E-state index contributed by atoms with van der Waals surface area (Å²) in [7, 11) is 3.30. The van der Waals surface area contributed by atoms with Gasteiger partial charge >= 0.3 is 0 Å². The van der Waals surface area contributed by atoms with Crippen LogP contribution in [0.1, 0.15) is 21.5 Å². The van der Waals surface area contributed by atoms with E-state index in [9.17, 15) is 9.59 Å². The summed E-state index contributed by atoms with van der Waals surface area (Å²) >= 11 is 0. The normalized spacial score (nSPS) is 10.3. The number of nitriles is 1. The number of amides is 1. The molecular weight excluding hydrogens is 316 g/mol. The number of ether oxygens (including phenoxy) is 1. The lowest BCUT2D eigenvalue weighted by Crippen LogP contribution is -2.27. The fourth-order valence-corrected chi connectivity index (χ4v) is 1.95. The summed E-state index contributed by atoms with van der Waals surface area (Å²) in [6, 6.07) is 15.7. The first-order chi connectivity index (χ1) is 12.0. The molecule has 0 fully saturated rings. The van der Waals surface area contributed by atoms with E-state index >= 15 is 0 Å². The predicted octanol–water partition coefficient (Wildman–Crippen LogP) is 2.92. The molecule has 2 aromatic rings. The Balaban J connectivity index is 2.03. The molecule has 25 heavy (non-hydrogen) atoms. The average Bonchev–Trinajstić information content (AvgIpc) is 2.64. The molecule has 0 atom stereocenters. The second kappa shape index (κ2) is 8.46. The number of rotatable bonds is 6. The minimum absolute atomic E-state index is 0.0777. The Hall–Kier alpha value is -3.39. The first kappa shape index (κ1) is 18.0. The highest BCUT2D eigenvalue weighted by Crippen LogP contribution is 2.15. The summed E-state index contributed by atoms with van der Waals surface area (Å²) in [5.41, 5.74) is 1.87. The van der Waals surface area contributed by atoms with Gasteiger partial charge in [0.15, 0.2) is 12.4 Å². The van der Waals surface area contributed by atoms with Crippen LogP contribution in [0.15, 0.2) is 54.6 Å². The van der Waals surface area contributed by atoms with Crippen LogP contribution in [0.3, 0.4) is 0 Å². The topological polar surface area (TPSA) is 70.4 Å². The van der Waals surface area contributed by atoms with Gasteiger partial charge in [0.05, 0.1) is 11.6 Å². The van der Waals surface area contributed by atoms with Crippen LogP contribution in [0, 0.1) is 11.3 Å². The molecule has 0 heterocycles. The van der Waals surface area contributed by atoms with Gasteiger partial charge < -0.3 is 9.64 Å². The van der Waals surface area contributed by atoms with E-state index in [1.807, 2.05) is 6.07 Å². The molecule has 2 rings (SSSR count). The second-order valence-electron chi connectivity index (χ2n) is 5.54. The number of likely N-dealkylation sites (N-methyl/N-ethyl adjacent to an activating group) is 1. The second-order valence-corrected chi connectivity index (χ2v) is 5.54. The SMILES string of the molecule is CN(C)C(=O)COc1cccc(C(=O)/C=C/c2ccc(C#N)cc2)c1. The maximum Gasteiger partial charge on any atom is 0.259 e. The van der Waals surface area contributed by atoms with Gasteiger partial charge in [-0.1, -0.05) is 30.3 Å². The molecule has 1 amide bonds. The fourth-order valence-electron chi connectivity index (χ4n) is 1.95. The average molecular weight is 334 g/mol. The van der Waals surface area contributed by atoms with Crippen molar-refractivity contribution in [1.82, 2.24) is 4.90 Å². The van der Waals surface area contributed by atoms with Crippen LogP contribution in [0.4, 0.5) is 0 Å². The molecular formula is C20H18N2O3. The maximum absolute atomic E-state index is 12.3. The van der Waals surface area contributed by atoms with Gasteiger partial charge in [0.1, 0.15) is 5.75 Å². The Morgan fingerprint density at radius 3 is 2.52 bits per heavy atom. The highest BCUT2D eigenvalue weighted by atomic mass is 16.5. The molecule has 0 aliphatic rings. The number of ketones is 1. The Bertz CT molecular complexity index is 831. The van der Waals surface area contributed by atoms with Crippen LogP contribution < -0.4 is 4.74 Å². The van der Waals surface area contributed by atoms with Gasteiger partial charge in [-0.05, 0) is 35.9 Å². The molecule has 0 bridgehead atoms. The van der Waals surface area contributed by atoms with Crippen LogP contribution in [-0.2, 0) is 4.79 Å². The molecule has 0 unspecified atom stereocenters. The molecule has 0 aliphatic heterocycles. The molecule has 0 saturated heterocycles. The number of hydrogen-bond donors (Lipinski definition) is 0. The number of hydrogen-bond acceptors (Lipinski definition) is 4. The van der Waals surface area contributed by atoms with Crippen LogP contribution in [0.5, 0.6) is 5.75 Å². The minimum atomic E-state index is -0.172. The molecule has 0 radical (unpaired) electrons. The molecule has 0 spiro atoms. The van der Waals surface area contributed by atoms with Crippen LogP contribution in [-0.4, -0.2) is 37.3 Å². The Kier molecular flexibility index (Phi) is 6.08. The van der Waals surface area contributed by atoms with Gasteiger partial charge in [-0.15, -0.1) is 0 Å². The van der Waals surface area contributed by atoms with Crippen molar-refractivity contribution in [3.05, 3.63) is 71.3 Å². The van der Waals surface area contributed by atoms with Crippen molar-refractivity contribution >= 4 is 17.8 Å². The summed E-state index contributed by atoms with van der Waals surface area (Å²) in [5.74, 6) is 0.138. The lowest BCUT2D eigenvalue weighted by Gasteiger charge is -2.11. The number of benzene rings is 2. The van der Waals surface area contributed by atoms with Crippen LogP contribution >= 0.6 is 0 Å². The van der Waals surface area contributed by atoms with E-state index < -0.39 is 0 Å². The minimum Gasteiger partial charge on any atom is -0.484 e. The zero-order chi connectivity index (χ0) is 18.2. The zero-order valence-electron chi connectivity index (χ0n) is 14.1. The summed E-state index contributed by atoms with van der Waals surface area (Å²) in [4.78, 5) is 25.3. The van der Waals surface area contributed by atoms with E-state index in [4.69, 9.17) is 10.00 Å². The molecule has 0 aliphatic carbocycles. The number of carbonyl (C=O) groups is 2. The third-order valence-electron chi connectivity index (χ3n) is 3.45.